The molecule has 2 N–H and O–H groups in total. The maximum absolute atomic E-state index is 13.0. The van der Waals surface area contributed by atoms with Crippen molar-refractivity contribution in [1.82, 2.24) is 15.1 Å². The highest BCUT2D eigenvalue weighted by Crippen LogP contribution is 2.42. The number of anilines is 1. The Labute approximate surface area is 123 Å². The zero-order valence-corrected chi connectivity index (χ0v) is 12.4. The molecule has 0 spiro atoms. The van der Waals surface area contributed by atoms with Crippen LogP contribution in [0.4, 0.5) is 19.0 Å². The van der Waals surface area contributed by atoms with Gasteiger partial charge in [0.1, 0.15) is 5.82 Å². The van der Waals surface area contributed by atoms with Crippen molar-refractivity contribution in [3.8, 4) is 0 Å². The van der Waals surface area contributed by atoms with Crippen LogP contribution in [0.25, 0.3) is 0 Å². The molecule has 112 valence electrons. The van der Waals surface area contributed by atoms with Crippen molar-refractivity contribution in [1.29, 1.82) is 0 Å². The van der Waals surface area contributed by atoms with E-state index >= 15 is 0 Å². The number of halogens is 4. The number of nitrogens with zero attached hydrogens (tertiary/aromatic N) is 2. The van der Waals surface area contributed by atoms with E-state index in [1.54, 1.807) is 0 Å². The highest BCUT2D eigenvalue weighted by atomic mass is 79.9. The second-order valence-corrected chi connectivity index (χ2v) is 6.14. The van der Waals surface area contributed by atoms with Crippen LogP contribution >= 0.6 is 15.9 Å². The molecule has 0 bridgehead atoms. The number of hydrogen-bond donors (Lipinski definition) is 2. The molecule has 1 fully saturated rings. The lowest BCUT2D eigenvalue weighted by molar-refractivity contribution is -0.142. The predicted octanol–water partition coefficient (Wildman–Crippen LogP) is 3.02. The van der Waals surface area contributed by atoms with Crippen LogP contribution in [-0.4, -0.2) is 29.4 Å². The Morgan fingerprint density at radius 2 is 2.05 bits per heavy atom. The van der Waals surface area contributed by atoms with Gasteiger partial charge < -0.3 is 10.6 Å². The molecule has 20 heavy (non-hydrogen) atoms. The lowest BCUT2D eigenvalue weighted by Crippen LogP contribution is -2.38. The first-order chi connectivity index (χ1) is 9.48. The minimum absolute atomic E-state index is 0.0264. The zero-order chi connectivity index (χ0) is 14.3. The van der Waals surface area contributed by atoms with E-state index in [1.807, 2.05) is 0 Å². The average molecular weight is 353 g/mol. The van der Waals surface area contributed by atoms with Crippen LogP contribution in [0.15, 0.2) is 4.47 Å². The number of fused-ring (bicyclic) bond motifs is 1. The molecule has 1 aromatic rings. The van der Waals surface area contributed by atoms with Crippen molar-refractivity contribution in [2.45, 2.75) is 31.5 Å². The molecule has 3 heterocycles. The minimum atomic E-state index is -4.43. The van der Waals surface area contributed by atoms with Crippen LogP contribution < -0.4 is 10.6 Å². The van der Waals surface area contributed by atoms with Gasteiger partial charge in [-0.1, -0.05) is 0 Å². The maximum atomic E-state index is 13.0. The van der Waals surface area contributed by atoms with Crippen molar-refractivity contribution < 1.29 is 13.2 Å². The molecule has 4 nitrogen and oxygen atoms in total. The number of piperidine rings is 1. The molecular weight excluding hydrogens is 337 g/mol. The van der Waals surface area contributed by atoms with E-state index in [1.165, 1.54) is 4.68 Å². The molecule has 2 aliphatic rings. The van der Waals surface area contributed by atoms with E-state index in [9.17, 15) is 13.2 Å². The Hall–Kier alpha value is -0.760. The molecule has 0 saturated carbocycles. The Balaban J connectivity index is 1.96. The second-order valence-electron chi connectivity index (χ2n) is 5.34. The van der Waals surface area contributed by atoms with Gasteiger partial charge in [-0.25, -0.2) is 4.68 Å². The average Bonchev–Trinajstić information content (AvgIpc) is 2.77. The van der Waals surface area contributed by atoms with E-state index in [-0.39, 0.29) is 10.5 Å². The maximum Gasteiger partial charge on any atom is 0.436 e. The van der Waals surface area contributed by atoms with Gasteiger partial charge in [-0.3, -0.25) is 0 Å². The molecule has 8 heteroatoms. The number of alkyl halides is 3. The summed E-state index contributed by atoms with van der Waals surface area (Å²) in [4.78, 5) is 0. The fourth-order valence-electron chi connectivity index (χ4n) is 3.10. The normalized spacial score (nSPS) is 27.0. The monoisotopic (exact) mass is 352 g/mol. The standard InChI is InChI=1S/C12H16BrF3N4/c13-9-10(12(14,15)16)19-20-8(3-5-18-11(9)20)7-2-1-4-17-6-7/h7-8,17-18H,1-6H2. The quantitative estimate of drug-likeness (QED) is 0.816. The Bertz CT molecular complexity index is 494. The van der Waals surface area contributed by atoms with Crippen molar-refractivity contribution in [3.05, 3.63) is 10.2 Å². The van der Waals surface area contributed by atoms with E-state index in [0.29, 0.717) is 18.3 Å². The largest absolute Gasteiger partial charge is 0.436 e. The molecule has 2 unspecified atom stereocenters. The van der Waals surface area contributed by atoms with E-state index in [4.69, 9.17) is 0 Å². The van der Waals surface area contributed by atoms with Gasteiger partial charge in [-0.2, -0.15) is 18.3 Å². The second kappa shape index (κ2) is 5.22. The van der Waals surface area contributed by atoms with Crippen molar-refractivity contribution in [2.24, 2.45) is 5.92 Å². The Morgan fingerprint density at radius 3 is 2.70 bits per heavy atom. The van der Waals surface area contributed by atoms with E-state index in [0.717, 1.165) is 32.4 Å². The summed E-state index contributed by atoms with van der Waals surface area (Å²) in [6, 6.07) is 0.0337. The molecule has 2 aliphatic heterocycles. The topological polar surface area (TPSA) is 41.9 Å². The fourth-order valence-corrected chi connectivity index (χ4v) is 3.72. The highest BCUT2D eigenvalue weighted by molar-refractivity contribution is 9.10. The molecule has 0 aliphatic carbocycles. The van der Waals surface area contributed by atoms with E-state index < -0.39 is 11.9 Å². The fraction of sp³-hybridized carbons (Fsp3) is 0.750. The first-order valence-corrected chi connectivity index (χ1v) is 7.57. The van der Waals surface area contributed by atoms with Gasteiger partial charge in [0.05, 0.1) is 10.5 Å². The zero-order valence-electron chi connectivity index (χ0n) is 10.8. The summed E-state index contributed by atoms with van der Waals surface area (Å²) in [5.74, 6) is 0.802. The lowest BCUT2D eigenvalue weighted by Gasteiger charge is -2.34. The van der Waals surface area contributed by atoms with Gasteiger partial charge in [0.2, 0.25) is 0 Å². The molecule has 1 aromatic heterocycles. The first kappa shape index (κ1) is 14.2. The third-order valence-corrected chi connectivity index (χ3v) is 4.80. The van der Waals surface area contributed by atoms with Crippen LogP contribution in [0.5, 0.6) is 0 Å². The smallest absolute Gasteiger partial charge is 0.369 e. The summed E-state index contributed by atoms with van der Waals surface area (Å²) in [5, 5.41) is 10.2. The Morgan fingerprint density at radius 1 is 1.25 bits per heavy atom. The summed E-state index contributed by atoms with van der Waals surface area (Å²) in [6.07, 6.45) is -1.51. The molecule has 0 radical (unpaired) electrons. The van der Waals surface area contributed by atoms with Crippen molar-refractivity contribution in [2.75, 3.05) is 25.0 Å². The van der Waals surface area contributed by atoms with E-state index in [2.05, 4.69) is 31.7 Å². The van der Waals surface area contributed by atoms with Crippen LogP contribution in [0.2, 0.25) is 0 Å². The summed E-state index contributed by atoms with van der Waals surface area (Å²) in [6.45, 7) is 2.52. The van der Waals surface area contributed by atoms with Gasteiger partial charge in [0, 0.05) is 6.54 Å². The minimum Gasteiger partial charge on any atom is -0.369 e. The van der Waals surface area contributed by atoms with Gasteiger partial charge in [0.15, 0.2) is 5.69 Å². The van der Waals surface area contributed by atoms with Gasteiger partial charge in [0.25, 0.3) is 0 Å². The molecule has 0 aromatic carbocycles. The van der Waals surface area contributed by atoms with Crippen LogP contribution in [-0.2, 0) is 6.18 Å². The third-order valence-electron chi connectivity index (χ3n) is 4.05. The SMILES string of the molecule is FC(F)(F)c1nn2c(c1Br)NCCC2C1CCCNC1. The molecular formula is C12H16BrF3N4. The lowest BCUT2D eigenvalue weighted by atomic mass is 9.89. The van der Waals surface area contributed by atoms with Gasteiger partial charge in [-0.15, -0.1) is 0 Å². The molecule has 3 rings (SSSR count). The summed E-state index contributed by atoms with van der Waals surface area (Å²) < 4.78 is 40.4. The number of nitrogens with one attached hydrogen (secondary N) is 2. The van der Waals surface area contributed by atoms with Crippen LogP contribution in [0.3, 0.4) is 0 Å². The van der Waals surface area contributed by atoms with Crippen molar-refractivity contribution >= 4 is 21.7 Å². The third kappa shape index (κ3) is 2.43. The molecule has 1 saturated heterocycles. The number of aromatic nitrogens is 2. The van der Waals surface area contributed by atoms with Crippen molar-refractivity contribution in [3.63, 3.8) is 0 Å². The summed E-state index contributed by atoms with van der Waals surface area (Å²) in [5.41, 5.74) is -0.837. The number of hydrogen-bond acceptors (Lipinski definition) is 3. The molecule has 2 atom stereocenters. The van der Waals surface area contributed by atoms with Crippen LogP contribution in [0.1, 0.15) is 31.0 Å². The number of rotatable bonds is 1. The van der Waals surface area contributed by atoms with Gasteiger partial charge in [-0.05, 0) is 54.2 Å². The Kier molecular flexibility index (Phi) is 3.70. The predicted molar refractivity (Wildman–Crippen MR) is 72.7 cm³/mol. The first-order valence-electron chi connectivity index (χ1n) is 6.78. The van der Waals surface area contributed by atoms with Gasteiger partial charge >= 0.3 is 6.18 Å². The highest BCUT2D eigenvalue weighted by Gasteiger charge is 2.41. The summed E-state index contributed by atoms with van der Waals surface area (Å²) >= 11 is 3.04. The van der Waals surface area contributed by atoms with Crippen LogP contribution in [0, 0.1) is 5.92 Å². The summed E-state index contributed by atoms with van der Waals surface area (Å²) in [7, 11) is 0. The molecule has 0 amide bonds.